The summed E-state index contributed by atoms with van der Waals surface area (Å²) in [7, 11) is 0. The van der Waals surface area contributed by atoms with Gasteiger partial charge in [0.15, 0.2) is 0 Å². The Labute approximate surface area is 193 Å². The Hall–Kier alpha value is -2.99. The van der Waals surface area contributed by atoms with Crippen LogP contribution in [0.5, 0.6) is 0 Å². The molecule has 12 nitrogen and oxygen atoms in total. The Morgan fingerprint density at radius 1 is 1.06 bits per heavy atom. The molecule has 0 aliphatic rings. The zero-order valence-electron chi connectivity index (χ0n) is 19.5. The molecule has 0 radical (unpaired) electrons. The SMILES string of the molecule is CCC(C)C(N)C(=O)NC(CCCCN)C(=O)NC(Cc1cnc[nH]1)C(=O)NC(C)C(=O)O. The summed E-state index contributed by atoms with van der Waals surface area (Å²) in [5.41, 5.74) is 12.1. The van der Waals surface area contributed by atoms with Crippen LogP contribution < -0.4 is 27.4 Å². The van der Waals surface area contributed by atoms with Gasteiger partial charge in [-0.05, 0) is 38.6 Å². The lowest BCUT2D eigenvalue weighted by atomic mass is 9.98. The summed E-state index contributed by atoms with van der Waals surface area (Å²) >= 11 is 0. The first-order valence-corrected chi connectivity index (χ1v) is 11.2. The normalized spacial score (nSPS) is 15.5. The number of aromatic nitrogens is 2. The van der Waals surface area contributed by atoms with Crippen molar-refractivity contribution in [3.8, 4) is 0 Å². The minimum absolute atomic E-state index is 0.0553. The maximum absolute atomic E-state index is 13.1. The van der Waals surface area contributed by atoms with E-state index in [1.54, 1.807) is 0 Å². The topological polar surface area (TPSA) is 205 Å². The third kappa shape index (κ3) is 9.58. The molecule has 1 aromatic rings. The van der Waals surface area contributed by atoms with Gasteiger partial charge in [0.05, 0.1) is 12.4 Å². The predicted octanol–water partition coefficient (Wildman–Crippen LogP) is -0.986. The molecule has 0 aliphatic carbocycles. The summed E-state index contributed by atoms with van der Waals surface area (Å²) < 4.78 is 0. The number of amides is 3. The molecule has 5 atom stereocenters. The number of aliphatic carboxylic acids is 1. The average molecular weight is 468 g/mol. The van der Waals surface area contributed by atoms with Crippen molar-refractivity contribution in [1.29, 1.82) is 0 Å². The van der Waals surface area contributed by atoms with Crippen LogP contribution in [0.25, 0.3) is 0 Å². The first-order chi connectivity index (χ1) is 15.6. The van der Waals surface area contributed by atoms with E-state index in [0.717, 1.165) is 0 Å². The molecule has 9 N–H and O–H groups in total. The predicted molar refractivity (Wildman–Crippen MR) is 122 cm³/mol. The van der Waals surface area contributed by atoms with Gasteiger partial charge in [-0.15, -0.1) is 0 Å². The maximum atomic E-state index is 13.1. The van der Waals surface area contributed by atoms with Crippen LogP contribution in [0.2, 0.25) is 0 Å². The molecule has 0 bridgehead atoms. The molecule has 0 fully saturated rings. The van der Waals surface area contributed by atoms with E-state index < -0.39 is 47.9 Å². The molecule has 33 heavy (non-hydrogen) atoms. The molecule has 1 rings (SSSR count). The molecule has 5 unspecified atom stereocenters. The number of unbranched alkanes of at least 4 members (excludes halogenated alkanes) is 1. The summed E-state index contributed by atoms with van der Waals surface area (Å²) in [6, 6.07) is -3.93. The summed E-state index contributed by atoms with van der Waals surface area (Å²) in [5.74, 6) is -2.98. The van der Waals surface area contributed by atoms with E-state index in [9.17, 15) is 19.2 Å². The zero-order valence-corrected chi connectivity index (χ0v) is 19.5. The Morgan fingerprint density at radius 2 is 1.70 bits per heavy atom. The number of aromatic amines is 1. The van der Waals surface area contributed by atoms with Gasteiger partial charge in [-0.1, -0.05) is 20.3 Å². The van der Waals surface area contributed by atoms with Crippen molar-refractivity contribution in [1.82, 2.24) is 25.9 Å². The Kier molecular flexibility index (Phi) is 12.1. The Bertz CT molecular complexity index is 771. The summed E-state index contributed by atoms with van der Waals surface area (Å²) in [6.45, 7) is 5.52. The van der Waals surface area contributed by atoms with Gasteiger partial charge in [-0.25, -0.2) is 4.98 Å². The number of hydrogen-bond donors (Lipinski definition) is 7. The van der Waals surface area contributed by atoms with Crippen LogP contribution in [0.4, 0.5) is 0 Å². The van der Waals surface area contributed by atoms with Gasteiger partial charge in [-0.3, -0.25) is 19.2 Å². The number of hydrogen-bond acceptors (Lipinski definition) is 7. The zero-order chi connectivity index (χ0) is 25.0. The summed E-state index contributed by atoms with van der Waals surface area (Å²) in [4.78, 5) is 56.3. The van der Waals surface area contributed by atoms with Gasteiger partial charge in [0, 0.05) is 18.3 Å². The van der Waals surface area contributed by atoms with Crippen LogP contribution in [0, 0.1) is 5.92 Å². The highest BCUT2D eigenvalue weighted by Crippen LogP contribution is 2.08. The van der Waals surface area contributed by atoms with E-state index in [-0.39, 0.29) is 12.3 Å². The number of nitrogens with zero attached hydrogens (tertiary/aromatic N) is 1. The minimum Gasteiger partial charge on any atom is -0.480 e. The number of rotatable bonds is 15. The highest BCUT2D eigenvalue weighted by atomic mass is 16.4. The lowest BCUT2D eigenvalue weighted by molar-refractivity contribution is -0.141. The molecule has 0 saturated carbocycles. The number of imidazole rings is 1. The van der Waals surface area contributed by atoms with Crippen molar-refractivity contribution >= 4 is 23.7 Å². The highest BCUT2D eigenvalue weighted by Gasteiger charge is 2.30. The second-order valence-electron chi connectivity index (χ2n) is 8.17. The van der Waals surface area contributed by atoms with Crippen LogP contribution in [-0.2, 0) is 25.6 Å². The van der Waals surface area contributed by atoms with Crippen molar-refractivity contribution in [3.63, 3.8) is 0 Å². The molecule has 3 amide bonds. The van der Waals surface area contributed by atoms with Crippen molar-refractivity contribution in [2.24, 2.45) is 17.4 Å². The van der Waals surface area contributed by atoms with E-state index >= 15 is 0 Å². The molecule has 0 spiro atoms. The smallest absolute Gasteiger partial charge is 0.325 e. The largest absolute Gasteiger partial charge is 0.480 e. The fourth-order valence-electron chi connectivity index (χ4n) is 3.02. The van der Waals surface area contributed by atoms with Crippen LogP contribution in [0.1, 0.15) is 52.1 Å². The van der Waals surface area contributed by atoms with E-state index in [1.165, 1.54) is 19.4 Å². The van der Waals surface area contributed by atoms with E-state index in [2.05, 4.69) is 25.9 Å². The van der Waals surface area contributed by atoms with Crippen molar-refractivity contribution in [2.75, 3.05) is 6.54 Å². The second kappa shape index (κ2) is 14.2. The third-order valence-corrected chi connectivity index (χ3v) is 5.48. The minimum atomic E-state index is -1.21. The third-order valence-electron chi connectivity index (χ3n) is 5.48. The molecule has 12 heteroatoms. The van der Waals surface area contributed by atoms with Crippen LogP contribution in [0.3, 0.4) is 0 Å². The van der Waals surface area contributed by atoms with E-state index in [4.69, 9.17) is 16.6 Å². The van der Waals surface area contributed by atoms with Gasteiger partial charge in [0.1, 0.15) is 18.1 Å². The van der Waals surface area contributed by atoms with Crippen LogP contribution >= 0.6 is 0 Å². The molecular formula is C21H37N7O5. The summed E-state index contributed by atoms with van der Waals surface area (Å²) in [6.07, 6.45) is 5.24. The van der Waals surface area contributed by atoms with Gasteiger partial charge < -0.3 is 37.5 Å². The highest BCUT2D eigenvalue weighted by molar-refractivity contribution is 5.94. The van der Waals surface area contributed by atoms with Crippen molar-refractivity contribution in [2.45, 2.75) is 77.0 Å². The quantitative estimate of drug-likeness (QED) is 0.159. The Balaban J connectivity index is 2.99. The average Bonchev–Trinajstić information content (AvgIpc) is 3.29. The maximum Gasteiger partial charge on any atom is 0.325 e. The first kappa shape index (κ1) is 28.0. The second-order valence-corrected chi connectivity index (χ2v) is 8.17. The molecule has 0 aromatic carbocycles. The number of carboxylic acids is 1. The lowest BCUT2D eigenvalue weighted by Gasteiger charge is -2.25. The molecule has 1 heterocycles. The van der Waals surface area contributed by atoms with E-state index in [0.29, 0.717) is 37.9 Å². The van der Waals surface area contributed by atoms with Gasteiger partial charge in [-0.2, -0.15) is 0 Å². The molecular weight excluding hydrogens is 430 g/mol. The molecule has 0 aliphatic heterocycles. The van der Waals surface area contributed by atoms with Gasteiger partial charge in [0.2, 0.25) is 17.7 Å². The summed E-state index contributed by atoms with van der Waals surface area (Å²) in [5, 5.41) is 16.8. The van der Waals surface area contributed by atoms with Gasteiger partial charge >= 0.3 is 5.97 Å². The number of nitrogens with two attached hydrogens (primary N) is 2. The number of nitrogens with one attached hydrogen (secondary N) is 4. The number of H-pyrrole nitrogens is 1. The standard InChI is InChI=1S/C21H37N7O5/c1-4-12(2)17(23)20(31)27-15(7-5-6-8-22)18(29)28-16(9-14-10-24-11-25-14)19(30)26-13(3)21(32)33/h10-13,15-17H,4-9,22-23H2,1-3H3,(H,24,25)(H,26,30)(H,27,31)(H,28,29)(H,32,33). The fourth-order valence-corrected chi connectivity index (χ4v) is 3.02. The number of carboxylic acid groups (broad SMARTS) is 1. The molecule has 0 saturated heterocycles. The molecule has 1 aromatic heterocycles. The van der Waals surface area contributed by atoms with Crippen molar-refractivity contribution < 1.29 is 24.3 Å². The Morgan fingerprint density at radius 3 is 2.24 bits per heavy atom. The lowest BCUT2D eigenvalue weighted by Crippen LogP contribution is -2.57. The fraction of sp³-hybridized carbons (Fsp3) is 0.667. The monoisotopic (exact) mass is 467 g/mol. The number of carbonyl (C=O) groups is 4. The van der Waals surface area contributed by atoms with Crippen LogP contribution in [-0.4, -0.2) is 69.5 Å². The molecule has 186 valence electrons. The first-order valence-electron chi connectivity index (χ1n) is 11.2. The van der Waals surface area contributed by atoms with E-state index in [1.807, 2.05) is 13.8 Å². The number of carbonyl (C=O) groups excluding carboxylic acids is 3. The van der Waals surface area contributed by atoms with Gasteiger partial charge in [0.25, 0.3) is 0 Å². The van der Waals surface area contributed by atoms with Crippen LogP contribution in [0.15, 0.2) is 12.5 Å². The van der Waals surface area contributed by atoms with Crippen molar-refractivity contribution in [3.05, 3.63) is 18.2 Å².